The van der Waals surface area contributed by atoms with Gasteiger partial charge in [0.25, 0.3) is 0 Å². The van der Waals surface area contributed by atoms with Crippen molar-refractivity contribution in [3.05, 3.63) is 34.3 Å². The number of carbonyl (C=O) groups excluding carboxylic acids is 1. The molecule has 7 heteroatoms. The van der Waals surface area contributed by atoms with Crippen LogP contribution in [0.2, 0.25) is 0 Å². The van der Waals surface area contributed by atoms with Crippen molar-refractivity contribution in [2.45, 2.75) is 39.9 Å². The quantitative estimate of drug-likeness (QED) is 0.906. The SMILES string of the molecule is CCn1ccc(CNC(=O)C(C)n2cc(Br)c(C)n2)n1. The van der Waals surface area contributed by atoms with Crippen LogP contribution < -0.4 is 5.32 Å². The van der Waals surface area contributed by atoms with Crippen LogP contribution in [0.1, 0.15) is 31.3 Å². The third-order valence-corrected chi connectivity index (χ3v) is 3.88. The number of hydrogen-bond acceptors (Lipinski definition) is 3. The van der Waals surface area contributed by atoms with E-state index in [4.69, 9.17) is 0 Å². The maximum Gasteiger partial charge on any atom is 0.244 e. The summed E-state index contributed by atoms with van der Waals surface area (Å²) in [5.41, 5.74) is 1.72. The van der Waals surface area contributed by atoms with Crippen LogP contribution in [0.25, 0.3) is 0 Å². The monoisotopic (exact) mass is 339 g/mol. The molecule has 0 aliphatic rings. The van der Waals surface area contributed by atoms with Gasteiger partial charge in [-0.15, -0.1) is 0 Å². The lowest BCUT2D eigenvalue weighted by atomic mass is 10.3. The largest absolute Gasteiger partial charge is 0.349 e. The minimum atomic E-state index is -0.353. The lowest BCUT2D eigenvalue weighted by Gasteiger charge is -2.11. The molecule has 1 atom stereocenters. The summed E-state index contributed by atoms with van der Waals surface area (Å²) in [5.74, 6) is -0.0777. The van der Waals surface area contributed by atoms with Gasteiger partial charge in [0.1, 0.15) is 6.04 Å². The number of aromatic nitrogens is 4. The first kappa shape index (κ1) is 14.8. The molecule has 0 fully saturated rings. The van der Waals surface area contributed by atoms with Crippen molar-refractivity contribution >= 4 is 21.8 Å². The highest BCUT2D eigenvalue weighted by molar-refractivity contribution is 9.10. The molecule has 108 valence electrons. The average molecular weight is 340 g/mol. The molecule has 1 unspecified atom stereocenters. The van der Waals surface area contributed by atoms with Crippen molar-refractivity contribution in [2.75, 3.05) is 0 Å². The zero-order chi connectivity index (χ0) is 14.7. The first-order valence-electron chi connectivity index (χ1n) is 6.52. The molecule has 0 aromatic carbocycles. The maximum atomic E-state index is 12.1. The van der Waals surface area contributed by atoms with E-state index in [2.05, 4.69) is 31.4 Å². The topological polar surface area (TPSA) is 64.7 Å². The van der Waals surface area contributed by atoms with E-state index in [0.29, 0.717) is 6.54 Å². The van der Waals surface area contributed by atoms with Gasteiger partial charge in [0.05, 0.1) is 22.4 Å². The summed E-state index contributed by atoms with van der Waals surface area (Å²) >= 11 is 3.39. The number of halogens is 1. The first-order chi connectivity index (χ1) is 9.51. The van der Waals surface area contributed by atoms with E-state index >= 15 is 0 Å². The highest BCUT2D eigenvalue weighted by Crippen LogP contribution is 2.16. The second-order valence-corrected chi connectivity index (χ2v) is 5.45. The van der Waals surface area contributed by atoms with E-state index in [9.17, 15) is 4.79 Å². The van der Waals surface area contributed by atoms with Crippen molar-refractivity contribution < 1.29 is 4.79 Å². The molecule has 2 rings (SSSR count). The molecule has 0 saturated heterocycles. The fourth-order valence-electron chi connectivity index (χ4n) is 1.78. The molecule has 2 aromatic heterocycles. The van der Waals surface area contributed by atoms with Gasteiger partial charge in [-0.3, -0.25) is 14.2 Å². The van der Waals surface area contributed by atoms with Gasteiger partial charge in [-0.25, -0.2) is 0 Å². The minimum absolute atomic E-state index is 0.0777. The Hall–Kier alpha value is -1.63. The van der Waals surface area contributed by atoms with Crippen molar-refractivity contribution in [1.29, 1.82) is 0 Å². The number of nitrogens with one attached hydrogen (secondary N) is 1. The summed E-state index contributed by atoms with van der Waals surface area (Å²) in [6, 6.07) is 1.55. The van der Waals surface area contributed by atoms with E-state index < -0.39 is 0 Å². The van der Waals surface area contributed by atoms with Crippen molar-refractivity contribution in [3.8, 4) is 0 Å². The van der Waals surface area contributed by atoms with E-state index in [1.165, 1.54) is 0 Å². The maximum absolute atomic E-state index is 12.1. The molecular formula is C13H18BrN5O. The summed E-state index contributed by atoms with van der Waals surface area (Å²) in [4.78, 5) is 12.1. The summed E-state index contributed by atoms with van der Waals surface area (Å²) in [6.45, 7) is 6.99. The Bertz CT molecular complexity index is 584. The molecule has 0 aliphatic carbocycles. The number of rotatable bonds is 5. The zero-order valence-corrected chi connectivity index (χ0v) is 13.4. The molecular weight excluding hydrogens is 322 g/mol. The molecule has 0 saturated carbocycles. The Balaban J connectivity index is 1.94. The Morgan fingerprint density at radius 2 is 2.25 bits per heavy atom. The zero-order valence-electron chi connectivity index (χ0n) is 11.8. The van der Waals surface area contributed by atoms with Crippen LogP contribution in [0.4, 0.5) is 0 Å². The Morgan fingerprint density at radius 3 is 2.80 bits per heavy atom. The lowest BCUT2D eigenvalue weighted by Crippen LogP contribution is -2.31. The number of nitrogens with zero attached hydrogens (tertiary/aromatic N) is 4. The molecule has 0 radical (unpaired) electrons. The molecule has 0 bridgehead atoms. The van der Waals surface area contributed by atoms with E-state index in [1.54, 1.807) is 4.68 Å². The summed E-state index contributed by atoms with van der Waals surface area (Å²) < 4.78 is 4.39. The number of aryl methyl sites for hydroxylation is 2. The first-order valence-corrected chi connectivity index (χ1v) is 7.32. The molecule has 0 aliphatic heterocycles. The van der Waals surface area contributed by atoms with Gasteiger partial charge in [0.15, 0.2) is 0 Å². The van der Waals surface area contributed by atoms with Gasteiger partial charge in [0, 0.05) is 18.9 Å². The predicted octanol–water partition coefficient (Wildman–Crippen LogP) is 2.05. The average Bonchev–Trinajstić information content (AvgIpc) is 3.02. The molecule has 1 N–H and O–H groups in total. The molecule has 6 nitrogen and oxygen atoms in total. The van der Waals surface area contributed by atoms with E-state index in [1.807, 2.05) is 43.9 Å². The summed E-state index contributed by atoms with van der Waals surface area (Å²) in [6.07, 6.45) is 3.71. The molecule has 20 heavy (non-hydrogen) atoms. The van der Waals surface area contributed by atoms with Crippen LogP contribution in [-0.2, 0) is 17.9 Å². The van der Waals surface area contributed by atoms with Gasteiger partial charge in [-0.05, 0) is 42.8 Å². The fourth-order valence-corrected chi connectivity index (χ4v) is 2.07. The Labute approximate surface area is 126 Å². The number of hydrogen-bond donors (Lipinski definition) is 1. The van der Waals surface area contributed by atoms with Crippen LogP contribution in [-0.4, -0.2) is 25.5 Å². The van der Waals surface area contributed by atoms with Gasteiger partial charge in [-0.1, -0.05) is 0 Å². The minimum Gasteiger partial charge on any atom is -0.349 e. The normalized spacial score (nSPS) is 12.4. The number of amides is 1. The Kier molecular flexibility index (Phi) is 4.59. The van der Waals surface area contributed by atoms with E-state index in [-0.39, 0.29) is 11.9 Å². The standard InChI is InChI=1S/C13H18BrN5O/c1-4-18-6-5-11(17-18)7-15-13(20)10(3)19-8-12(14)9(2)16-19/h5-6,8,10H,4,7H2,1-3H3,(H,15,20). The summed E-state index contributed by atoms with van der Waals surface area (Å²) in [7, 11) is 0. The van der Waals surface area contributed by atoms with Gasteiger partial charge in [0.2, 0.25) is 5.91 Å². The Morgan fingerprint density at radius 1 is 1.50 bits per heavy atom. The predicted molar refractivity (Wildman–Crippen MR) is 79.1 cm³/mol. The van der Waals surface area contributed by atoms with Crippen molar-refractivity contribution in [1.82, 2.24) is 24.9 Å². The summed E-state index contributed by atoms with van der Waals surface area (Å²) in [5, 5.41) is 11.5. The van der Waals surface area contributed by atoms with Crippen LogP contribution in [0.3, 0.4) is 0 Å². The van der Waals surface area contributed by atoms with Crippen LogP contribution in [0.5, 0.6) is 0 Å². The fraction of sp³-hybridized carbons (Fsp3) is 0.462. The molecule has 1 amide bonds. The second kappa shape index (κ2) is 6.21. The van der Waals surface area contributed by atoms with Crippen LogP contribution in [0.15, 0.2) is 22.9 Å². The lowest BCUT2D eigenvalue weighted by molar-refractivity contribution is -0.124. The van der Waals surface area contributed by atoms with Gasteiger partial charge < -0.3 is 5.32 Å². The van der Waals surface area contributed by atoms with Crippen molar-refractivity contribution in [2.24, 2.45) is 0 Å². The van der Waals surface area contributed by atoms with Crippen LogP contribution >= 0.6 is 15.9 Å². The highest BCUT2D eigenvalue weighted by atomic mass is 79.9. The molecule has 2 aromatic rings. The van der Waals surface area contributed by atoms with Gasteiger partial charge in [-0.2, -0.15) is 10.2 Å². The van der Waals surface area contributed by atoms with Crippen molar-refractivity contribution in [3.63, 3.8) is 0 Å². The number of carbonyl (C=O) groups is 1. The van der Waals surface area contributed by atoms with Crippen LogP contribution in [0, 0.1) is 6.92 Å². The third kappa shape index (κ3) is 3.27. The molecule has 2 heterocycles. The molecule has 0 spiro atoms. The smallest absolute Gasteiger partial charge is 0.244 e. The van der Waals surface area contributed by atoms with Gasteiger partial charge >= 0.3 is 0 Å². The highest BCUT2D eigenvalue weighted by Gasteiger charge is 2.16. The second-order valence-electron chi connectivity index (χ2n) is 4.60. The third-order valence-electron chi connectivity index (χ3n) is 3.10. The van der Waals surface area contributed by atoms with E-state index in [0.717, 1.165) is 22.4 Å².